The highest BCUT2D eigenvalue weighted by Crippen LogP contribution is 2.23. The molecule has 102 valence electrons. The van der Waals surface area contributed by atoms with Gasteiger partial charge in [0, 0.05) is 28.1 Å². The number of hydrogen-bond acceptors (Lipinski definition) is 4. The van der Waals surface area contributed by atoms with Crippen LogP contribution in [0.3, 0.4) is 0 Å². The number of aromatic nitrogens is 1. The summed E-state index contributed by atoms with van der Waals surface area (Å²) in [6.07, 6.45) is 3.09. The highest BCUT2D eigenvalue weighted by molar-refractivity contribution is 14.1. The fourth-order valence-corrected chi connectivity index (χ4v) is 2.40. The van der Waals surface area contributed by atoms with Crippen molar-refractivity contribution in [1.29, 1.82) is 0 Å². The molecule has 0 atom stereocenters. The van der Waals surface area contributed by atoms with Gasteiger partial charge in [-0.3, -0.25) is 19.9 Å². The molecule has 0 aliphatic carbocycles. The van der Waals surface area contributed by atoms with E-state index in [1.54, 1.807) is 18.5 Å². The lowest BCUT2D eigenvalue weighted by Gasteiger charge is -2.08. The third-order valence-electron chi connectivity index (χ3n) is 2.43. The number of benzene rings is 1. The van der Waals surface area contributed by atoms with E-state index in [0.717, 1.165) is 0 Å². The predicted molar refractivity (Wildman–Crippen MR) is 85.7 cm³/mol. The molecule has 0 saturated heterocycles. The lowest BCUT2D eigenvalue weighted by Crippen LogP contribution is -2.14. The summed E-state index contributed by atoms with van der Waals surface area (Å²) in [5.41, 5.74) is 0.681. The summed E-state index contributed by atoms with van der Waals surface area (Å²) in [7, 11) is 0. The van der Waals surface area contributed by atoms with Crippen molar-refractivity contribution in [2.24, 2.45) is 0 Å². The van der Waals surface area contributed by atoms with Crippen LogP contribution in [-0.2, 0) is 0 Å². The summed E-state index contributed by atoms with van der Waals surface area (Å²) in [5, 5.41) is 13.4. The molecule has 1 aromatic carbocycles. The van der Waals surface area contributed by atoms with Crippen LogP contribution in [-0.4, -0.2) is 15.8 Å². The third-order valence-corrected chi connectivity index (χ3v) is 4.00. The predicted octanol–water partition coefficient (Wildman–Crippen LogP) is 3.61. The van der Waals surface area contributed by atoms with Gasteiger partial charge in [-0.2, -0.15) is 0 Å². The maximum Gasteiger partial charge on any atom is 0.270 e. The van der Waals surface area contributed by atoms with Crippen LogP contribution in [0.4, 0.5) is 11.4 Å². The van der Waals surface area contributed by atoms with Crippen molar-refractivity contribution >= 4 is 55.8 Å². The molecular weight excluding hydrogens is 441 g/mol. The smallest absolute Gasteiger partial charge is 0.270 e. The molecule has 2 rings (SSSR count). The Bertz CT molecular complexity index is 693. The first-order chi connectivity index (χ1) is 9.49. The molecule has 1 heterocycles. The summed E-state index contributed by atoms with van der Waals surface area (Å²) < 4.78 is 1.27. The molecule has 0 aliphatic heterocycles. The van der Waals surface area contributed by atoms with Crippen LogP contribution in [0.2, 0.25) is 0 Å². The number of amides is 1. The summed E-state index contributed by atoms with van der Waals surface area (Å²) in [5.74, 6) is -0.412. The Labute approximate surface area is 136 Å². The zero-order chi connectivity index (χ0) is 14.7. The molecule has 0 bridgehead atoms. The maximum absolute atomic E-state index is 12.2. The van der Waals surface area contributed by atoms with Crippen LogP contribution >= 0.6 is 38.5 Å². The molecule has 20 heavy (non-hydrogen) atoms. The number of halogens is 2. The van der Waals surface area contributed by atoms with Gasteiger partial charge < -0.3 is 5.32 Å². The van der Waals surface area contributed by atoms with E-state index in [0.29, 0.717) is 13.7 Å². The van der Waals surface area contributed by atoms with E-state index < -0.39 is 10.8 Å². The van der Waals surface area contributed by atoms with Gasteiger partial charge >= 0.3 is 0 Å². The Hall–Kier alpha value is -1.55. The zero-order valence-electron chi connectivity index (χ0n) is 9.84. The number of rotatable bonds is 3. The molecular formula is C12H7BrIN3O3. The van der Waals surface area contributed by atoms with E-state index in [1.807, 2.05) is 22.6 Å². The monoisotopic (exact) mass is 447 g/mol. The summed E-state index contributed by atoms with van der Waals surface area (Å²) >= 11 is 5.23. The van der Waals surface area contributed by atoms with E-state index in [1.165, 1.54) is 18.2 Å². The minimum absolute atomic E-state index is 0.121. The van der Waals surface area contributed by atoms with Crippen molar-refractivity contribution in [2.45, 2.75) is 0 Å². The molecule has 0 radical (unpaired) electrons. The van der Waals surface area contributed by atoms with Gasteiger partial charge in [0.05, 0.1) is 20.6 Å². The van der Waals surface area contributed by atoms with Gasteiger partial charge in [-0.1, -0.05) is 0 Å². The lowest BCUT2D eigenvalue weighted by molar-refractivity contribution is -0.384. The van der Waals surface area contributed by atoms with Crippen molar-refractivity contribution < 1.29 is 9.72 Å². The zero-order valence-corrected chi connectivity index (χ0v) is 13.6. The average Bonchev–Trinajstić information content (AvgIpc) is 2.41. The summed E-state index contributed by atoms with van der Waals surface area (Å²) in [6, 6.07) is 5.79. The first kappa shape index (κ1) is 14.9. The molecule has 0 unspecified atom stereocenters. The molecule has 0 saturated carbocycles. The van der Waals surface area contributed by atoms with E-state index in [9.17, 15) is 14.9 Å². The quantitative estimate of drug-likeness (QED) is 0.442. The second-order valence-electron chi connectivity index (χ2n) is 3.73. The standard InChI is InChI=1S/C12H7BrIN3O3/c13-9-6-15-4-3-11(9)16-12(18)8-5-7(17(19)20)1-2-10(8)14/h1-6H,(H,15,16,18). The van der Waals surface area contributed by atoms with Crippen molar-refractivity contribution in [3.8, 4) is 0 Å². The number of anilines is 1. The highest BCUT2D eigenvalue weighted by atomic mass is 127. The van der Waals surface area contributed by atoms with E-state index >= 15 is 0 Å². The highest BCUT2D eigenvalue weighted by Gasteiger charge is 2.16. The normalized spacial score (nSPS) is 10.1. The summed E-state index contributed by atoms with van der Waals surface area (Å²) in [6.45, 7) is 0. The van der Waals surface area contributed by atoms with Gasteiger partial charge in [-0.05, 0) is 50.7 Å². The van der Waals surface area contributed by atoms with Crippen LogP contribution in [0.1, 0.15) is 10.4 Å². The minimum atomic E-state index is -0.533. The van der Waals surface area contributed by atoms with Crippen molar-refractivity contribution in [2.75, 3.05) is 5.32 Å². The van der Waals surface area contributed by atoms with Gasteiger partial charge in [-0.15, -0.1) is 0 Å². The molecule has 8 heteroatoms. The van der Waals surface area contributed by atoms with Gasteiger partial charge in [0.1, 0.15) is 0 Å². The van der Waals surface area contributed by atoms with Crippen LogP contribution in [0.5, 0.6) is 0 Å². The largest absolute Gasteiger partial charge is 0.321 e. The second kappa shape index (κ2) is 6.27. The van der Waals surface area contributed by atoms with E-state index in [-0.39, 0.29) is 11.3 Å². The maximum atomic E-state index is 12.2. The lowest BCUT2D eigenvalue weighted by atomic mass is 10.2. The number of nitro groups is 1. The molecule has 0 spiro atoms. The Morgan fingerprint density at radius 2 is 2.15 bits per heavy atom. The van der Waals surface area contributed by atoms with Crippen LogP contribution < -0.4 is 5.32 Å². The topological polar surface area (TPSA) is 85.1 Å². The SMILES string of the molecule is O=C(Nc1ccncc1Br)c1cc([N+](=O)[O-])ccc1I. The van der Waals surface area contributed by atoms with Gasteiger partial charge in [-0.25, -0.2) is 0 Å². The van der Waals surface area contributed by atoms with Gasteiger partial charge in [0.2, 0.25) is 0 Å². The molecule has 0 fully saturated rings. The number of non-ortho nitro benzene ring substituents is 1. The molecule has 1 N–H and O–H groups in total. The van der Waals surface area contributed by atoms with Crippen molar-refractivity contribution in [3.63, 3.8) is 0 Å². The van der Waals surface area contributed by atoms with Gasteiger partial charge in [0.25, 0.3) is 11.6 Å². The molecule has 0 aliphatic rings. The van der Waals surface area contributed by atoms with Crippen LogP contribution in [0, 0.1) is 13.7 Å². The van der Waals surface area contributed by atoms with Crippen LogP contribution in [0.15, 0.2) is 41.1 Å². The first-order valence-electron chi connectivity index (χ1n) is 5.34. The van der Waals surface area contributed by atoms with Crippen LogP contribution in [0.25, 0.3) is 0 Å². The third kappa shape index (κ3) is 3.31. The van der Waals surface area contributed by atoms with Crippen molar-refractivity contribution in [1.82, 2.24) is 4.98 Å². The fourth-order valence-electron chi connectivity index (χ4n) is 1.47. The minimum Gasteiger partial charge on any atom is -0.321 e. The first-order valence-corrected chi connectivity index (χ1v) is 7.21. The fraction of sp³-hybridized carbons (Fsp3) is 0. The van der Waals surface area contributed by atoms with E-state index in [4.69, 9.17) is 0 Å². The number of hydrogen-bond donors (Lipinski definition) is 1. The van der Waals surface area contributed by atoms with Crippen molar-refractivity contribution in [3.05, 3.63) is 60.4 Å². The number of carbonyl (C=O) groups is 1. The Kier molecular flexibility index (Phi) is 4.65. The van der Waals surface area contributed by atoms with E-state index in [2.05, 4.69) is 26.2 Å². The Morgan fingerprint density at radius 3 is 2.80 bits per heavy atom. The molecule has 1 aromatic heterocycles. The summed E-state index contributed by atoms with van der Waals surface area (Å²) in [4.78, 5) is 26.3. The number of carbonyl (C=O) groups excluding carboxylic acids is 1. The second-order valence-corrected chi connectivity index (χ2v) is 5.75. The Balaban J connectivity index is 2.32. The van der Waals surface area contributed by atoms with Gasteiger partial charge in [0.15, 0.2) is 0 Å². The Morgan fingerprint density at radius 1 is 1.40 bits per heavy atom. The average molecular weight is 448 g/mol. The number of nitro benzene ring substituents is 1. The molecule has 1 amide bonds. The molecule has 2 aromatic rings. The number of pyridine rings is 1. The number of nitrogens with one attached hydrogen (secondary N) is 1. The molecule has 6 nitrogen and oxygen atoms in total. The number of nitrogens with zero attached hydrogens (tertiary/aromatic N) is 2.